The molecule has 0 spiro atoms. The Hall–Kier alpha value is -1.90. The Morgan fingerprint density at radius 1 is 1.24 bits per heavy atom. The van der Waals surface area contributed by atoms with Gasteiger partial charge < -0.3 is 20.1 Å². The number of thiazole rings is 1. The van der Waals surface area contributed by atoms with Gasteiger partial charge in [-0.3, -0.25) is 4.99 Å². The van der Waals surface area contributed by atoms with Crippen LogP contribution in [0.5, 0.6) is 11.5 Å². The van der Waals surface area contributed by atoms with Crippen LogP contribution in [-0.2, 0) is 19.3 Å². The number of nitrogens with one attached hydrogen (secondary N) is 2. The number of nitrogens with zero attached hydrogens (tertiary/aromatic N) is 2. The summed E-state index contributed by atoms with van der Waals surface area (Å²) < 4.78 is 72.4. The van der Waals surface area contributed by atoms with Gasteiger partial charge in [0.05, 0.1) is 13.7 Å². The van der Waals surface area contributed by atoms with Crippen LogP contribution >= 0.6 is 35.3 Å². The van der Waals surface area contributed by atoms with E-state index in [2.05, 4.69) is 25.3 Å². The zero-order valence-corrected chi connectivity index (χ0v) is 18.4. The Morgan fingerprint density at radius 2 is 1.93 bits per heavy atom. The van der Waals surface area contributed by atoms with Gasteiger partial charge in [-0.05, 0) is 18.2 Å². The Labute approximate surface area is 184 Å². The third kappa shape index (κ3) is 7.79. The minimum atomic E-state index is -4.50. The summed E-state index contributed by atoms with van der Waals surface area (Å²) in [5.41, 5.74) is -0.571. The van der Waals surface area contributed by atoms with E-state index in [9.17, 15) is 22.0 Å². The number of benzene rings is 1. The number of halogens is 6. The molecule has 2 N–H and O–H groups in total. The number of hydrogen-bond donors (Lipinski definition) is 2. The number of ether oxygens (including phenoxy) is 2. The number of aromatic nitrogens is 1. The number of alkyl halides is 5. The molecule has 0 aliphatic heterocycles. The third-order valence-corrected chi connectivity index (χ3v) is 4.25. The van der Waals surface area contributed by atoms with Gasteiger partial charge in [-0.2, -0.15) is 22.0 Å². The van der Waals surface area contributed by atoms with E-state index in [0.29, 0.717) is 11.3 Å². The molecule has 0 aliphatic carbocycles. The number of methoxy groups -OCH3 is 1. The van der Waals surface area contributed by atoms with Crippen molar-refractivity contribution in [1.82, 2.24) is 15.6 Å². The predicted octanol–water partition coefficient (Wildman–Crippen LogP) is 4.26. The Kier molecular flexibility index (Phi) is 9.82. The topological polar surface area (TPSA) is 67.8 Å². The van der Waals surface area contributed by atoms with Crippen molar-refractivity contribution in [1.29, 1.82) is 0 Å². The number of rotatable bonds is 7. The second-order valence-electron chi connectivity index (χ2n) is 5.26. The van der Waals surface area contributed by atoms with Crippen LogP contribution in [0.3, 0.4) is 0 Å². The highest BCUT2D eigenvalue weighted by Crippen LogP contribution is 2.30. The molecule has 0 aliphatic rings. The summed E-state index contributed by atoms with van der Waals surface area (Å²) in [7, 11) is 2.89. The van der Waals surface area contributed by atoms with Crippen LogP contribution in [0, 0.1) is 0 Å². The van der Waals surface area contributed by atoms with Gasteiger partial charge >= 0.3 is 12.8 Å². The van der Waals surface area contributed by atoms with Gasteiger partial charge in [0, 0.05) is 24.5 Å². The first kappa shape index (κ1) is 25.1. The van der Waals surface area contributed by atoms with Crippen molar-refractivity contribution in [3.05, 3.63) is 39.8 Å². The average Bonchev–Trinajstić information content (AvgIpc) is 3.12. The van der Waals surface area contributed by atoms with Crippen LogP contribution in [0.25, 0.3) is 0 Å². The van der Waals surface area contributed by atoms with Crippen molar-refractivity contribution in [3.63, 3.8) is 0 Å². The smallest absolute Gasteiger partial charge is 0.434 e. The first-order chi connectivity index (χ1) is 13.2. The molecular weight excluding hydrogens is 534 g/mol. The molecule has 0 unspecified atom stereocenters. The van der Waals surface area contributed by atoms with Crippen LogP contribution in [0.4, 0.5) is 22.0 Å². The summed E-state index contributed by atoms with van der Waals surface area (Å²) in [6.45, 7) is -2.92. The van der Waals surface area contributed by atoms with E-state index in [1.54, 1.807) is 0 Å². The van der Waals surface area contributed by atoms with Gasteiger partial charge in [0.15, 0.2) is 11.7 Å². The fourth-order valence-electron chi connectivity index (χ4n) is 2.11. The molecule has 0 saturated carbocycles. The van der Waals surface area contributed by atoms with Gasteiger partial charge in [-0.15, -0.1) is 35.3 Å². The van der Waals surface area contributed by atoms with E-state index in [4.69, 9.17) is 4.74 Å². The Bertz CT molecular complexity index is 817. The molecular formula is C16H18F5IN4O2S. The van der Waals surface area contributed by atoms with Gasteiger partial charge in [-0.1, -0.05) is 0 Å². The summed E-state index contributed by atoms with van der Waals surface area (Å²) in [6, 6.07) is 4.36. The minimum Gasteiger partial charge on any atom is -0.497 e. The van der Waals surface area contributed by atoms with Crippen molar-refractivity contribution >= 4 is 41.3 Å². The average molecular weight is 552 g/mol. The first-order valence-corrected chi connectivity index (χ1v) is 8.68. The van der Waals surface area contributed by atoms with Gasteiger partial charge in [-0.25, -0.2) is 4.98 Å². The molecule has 13 heteroatoms. The fourth-order valence-corrected chi connectivity index (χ4v) is 2.85. The van der Waals surface area contributed by atoms with Gasteiger partial charge in [0.1, 0.15) is 16.5 Å². The highest BCUT2D eigenvalue weighted by atomic mass is 127. The van der Waals surface area contributed by atoms with Crippen molar-refractivity contribution in [2.75, 3.05) is 14.2 Å². The summed E-state index contributed by atoms with van der Waals surface area (Å²) in [4.78, 5) is 7.44. The van der Waals surface area contributed by atoms with Crippen LogP contribution in [-0.4, -0.2) is 31.7 Å². The molecule has 0 bridgehead atoms. The number of aliphatic imine (C=N–C) groups is 1. The van der Waals surface area contributed by atoms with E-state index >= 15 is 0 Å². The molecule has 0 saturated heterocycles. The van der Waals surface area contributed by atoms with Crippen LogP contribution in [0.15, 0.2) is 28.6 Å². The summed E-state index contributed by atoms with van der Waals surface area (Å²) >= 11 is 0.861. The predicted molar refractivity (Wildman–Crippen MR) is 109 cm³/mol. The normalized spacial score (nSPS) is 11.8. The lowest BCUT2D eigenvalue weighted by atomic mass is 10.2. The van der Waals surface area contributed by atoms with Crippen LogP contribution in [0.2, 0.25) is 0 Å². The molecule has 0 atom stereocenters. The van der Waals surface area contributed by atoms with Gasteiger partial charge in [0.2, 0.25) is 0 Å². The van der Waals surface area contributed by atoms with Crippen molar-refractivity contribution in [3.8, 4) is 11.5 Å². The maximum atomic E-state index is 12.6. The molecule has 1 aromatic heterocycles. The lowest BCUT2D eigenvalue weighted by Gasteiger charge is -2.15. The molecule has 29 heavy (non-hydrogen) atoms. The molecule has 2 aromatic rings. The minimum absolute atomic E-state index is 0. The van der Waals surface area contributed by atoms with E-state index in [0.717, 1.165) is 16.7 Å². The van der Waals surface area contributed by atoms with Gasteiger partial charge in [0.25, 0.3) is 0 Å². The lowest BCUT2D eigenvalue weighted by molar-refractivity contribution is -0.140. The Balaban J connectivity index is 0.00000420. The second-order valence-corrected chi connectivity index (χ2v) is 6.20. The monoisotopic (exact) mass is 552 g/mol. The van der Waals surface area contributed by atoms with E-state index < -0.39 is 18.5 Å². The van der Waals surface area contributed by atoms with Crippen molar-refractivity contribution in [2.24, 2.45) is 4.99 Å². The zero-order valence-electron chi connectivity index (χ0n) is 15.2. The molecule has 1 heterocycles. The fraction of sp³-hybridized carbons (Fsp3) is 0.375. The number of guanidine groups is 1. The highest BCUT2D eigenvalue weighted by Gasteiger charge is 2.33. The molecule has 0 fully saturated rings. The summed E-state index contributed by atoms with van der Waals surface area (Å²) in [5, 5.41) is 6.83. The van der Waals surface area contributed by atoms with E-state index in [-0.39, 0.29) is 53.8 Å². The van der Waals surface area contributed by atoms with E-state index in [1.165, 1.54) is 32.4 Å². The third-order valence-electron chi connectivity index (χ3n) is 3.40. The largest absolute Gasteiger partial charge is 0.497 e. The lowest BCUT2D eigenvalue weighted by Crippen LogP contribution is -2.36. The quantitative estimate of drug-likeness (QED) is 0.233. The standard InChI is InChI=1S/C16H17F5N4O2S.HI/c1-22-15(24-7-13-25-12(8-28-13)16(19,20)21)23-6-9-5-10(26-2)3-4-11(9)27-14(17)18;/h3-5,8,14H,6-7H2,1-2H3,(H2,22,23,24);1H. The SMILES string of the molecule is CN=C(NCc1nc(C(F)(F)F)cs1)NCc1cc(OC)ccc1OC(F)F.I. The second kappa shape index (κ2) is 11.3. The molecule has 1 aromatic carbocycles. The van der Waals surface area contributed by atoms with Crippen LogP contribution < -0.4 is 20.1 Å². The Morgan fingerprint density at radius 3 is 2.48 bits per heavy atom. The molecule has 6 nitrogen and oxygen atoms in total. The number of hydrogen-bond acceptors (Lipinski definition) is 5. The highest BCUT2D eigenvalue weighted by molar-refractivity contribution is 14.0. The molecule has 0 amide bonds. The van der Waals surface area contributed by atoms with E-state index in [1.807, 2.05) is 0 Å². The maximum Gasteiger partial charge on any atom is 0.434 e. The molecule has 162 valence electrons. The zero-order chi connectivity index (χ0) is 20.7. The summed E-state index contributed by atoms with van der Waals surface area (Å²) in [5.74, 6) is 0.659. The van der Waals surface area contributed by atoms with Crippen LogP contribution in [0.1, 0.15) is 16.3 Å². The molecule has 2 rings (SSSR count). The van der Waals surface area contributed by atoms with Crippen molar-refractivity contribution < 1.29 is 31.4 Å². The first-order valence-electron chi connectivity index (χ1n) is 7.80. The summed E-state index contributed by atoms with van der Waals surface area (Å²) in [6.07, 6.45) is -4.50. The maximum absolute atomic E-state index is 12.6. The van der Waals surface area contributed by atoms with Crippen molar-refractivity contribution in [2.45, 2.75) is 25.9 Å². The molecule has 0 radical (unpaired) electrons.